The molecule has 0 radical (unpaired) electrons. The van der Waals surface area contributed by atoms with Crippen molar-refractivity contribution >= 4 is 12.3 Å². The molecule has 40 heavy (non-hydrogen) atoms. The van der Waals surface area contributed by atoms with Crippen molar-refractivity contribution < 1.29 is 14.7 Å². The minimum absolute atomic E-state index is 0.0672. The first-order valence-corrected chi connectivity index (χ1v) is 15.6. The van der Waals surface area contributed by atoms with E-state index in [1.165, 1.54) is 24.0 Å². The summed E-state index contributed by atoms with van der Waals surface area (Å²) < 4.78 is 0. The zero-order valence-electron chi connectivity index (χ0n) is 25.6. The Balaban J connectivity index is 1.74. The highest BCUT2D eigenvalue weighted by molar-refractivity contribution is 5.93. The molecule has 1 aromatic carbocycles. The van der Waals surface area contributed by atoms with Gasteiger partial charge >= 0.3 is 0 Å². The van der Waals surface area contributed by atoms with Gasteiger partial charge in [-0.2, -0.15) is 0 Å². The van der Waals surface area contributed by atoms with Crippen molar-refractivity contribution in [1.82, 2.24) is 15.1 Å². The van der Waals surface area contributed by atoms with Crippen molar-refractivity contribution in [2.45, 2.75) is 110 Å². The number of hydrogen-bond donors (Lipinski definition) is 2. The van der Waals surface area contributed by atoms with E-state index >= 15 is 0 Å². The van der Waals surface area contributed by atoms with Crippen molar-refractivity contribution in [2.24, 2.45) is 11.8 Å². The number of likely N-dealkylation sites (N-methyl/N-ethyl adjacent to an activating group) is 1. The van der Waals surface area contributed by atoms with Crippen LogP contribution in [0.15, 0.2) is 41.1 Å². The van der Waals surface area contributed by atoms with E-state index in [2.05, 4.69) is 37.9 Å². The number of nitrogens with zero attached hydrogens (tertiary/aromatic N) is 2. The lowest BCUT2D eigenvalue weighted by molar-refractivity contribution is -0.128. The molecule has 0 bridgehead atoms. The molecule has 6 heteroatoms. The Bertz CT molecular complexity index is 1130. The Morgan fingerprint density at radius 3 is 2.58 bits per heavy atom. The zero-order valence-corrected chi connectivity index (χ0v) is 25.6. The monoisotopic (exact) mass is 549 g/mol. The summed E-state index contributed by atoms with van der Waals surface area (Å²) in [5.74, 6) is 1.48. The van der Waals surface area contributed by atoms with Gasteiger partial charge in [-0.15, -0.1) is 0 Å². The molecule has 4 rings (SSSR count). The SMILES string of the molecule is CCCC(CCC)N(C)C(=O)/C(C)=C/C1=C(NC=O)CC2(c3cc(O)ccc3C)CCN(CC3CC3)C(C)C2C1. The number of likely N-dealkylation sites (tertiary alicyclic amines) is 1. The van der Waals surface area contributed by atoms with Crippen molar-refractivity contribution in [3.63, 3.8) is 0 Å². The molecule has 2 aliphatic carbocycles. The molecule has 220 valence electrons. The predicted molar refractivity (Wildman–Crippen MR) is 162 cm³/mol. The van der Waals surface area contributed by atoms with E-state index in [9.17, 15) is 14.7 Å². The van der Waals surface area contributed by atoms with E-state index in [4.69, 9.17) is 0 Å². The van der Waals surface area contributed by atoms with Crippen LogP contribution >= 0.6 is 0 Å². The average molecular weight is 550 g/mol. The number of allylic oxidation sites excluding steroid dienone is 3. The standard InChI is InChI=1S/C34H51N3O3/c1-7-9-28(10-8-2)36(6)33(40)24(4)17-27-18-31-25(5)37(21-26-12-13-26)16-15-34(31,20-32(27)35-22-38)30-19-29(39)14-11-23(30)3/h11,14,17,19,22,25-26,28,31,39H,7-10,12-13,15-16,18,20-21H2,1-6H3,(H,35,38)/b24-17+. The number of hydrogen-bond acceptors (Lipinski definition) is 4. The van der Waals surface area contributed by atoms with Crippen LogP contribution in [-0.4, -0.2) is 59.4 Å². The van der Waals surface area contributed by atoms with Gasteiger partial charge in [0.05, 0.1) is 0 Å². The number of benzene rings is 1. The summed E-state index contributed by atoms with van der Waals surface area (Å²) in [6, 6.07) is 6.34. The summed E-state index contributed by atoms with van der Waals surface area (Å²) in [7, 11) is 1.93. The molecule has 3 aliphatic rings. The second-order valence-electron chi connectivity index (χ2n) is 12.8. The third-order valence-corrected chi connectivity index (χ3v) is 10.1. The summed E-state index contributed by atoms with van der Waals surface area (Å²) in [6.07, 6.45) is 12.1. The van der Waals surface area contributed by atoms with Crippen molar-refractivity contribution in [3.8, 4) is 5.75 Å². The lowest BCUT2D eigenvalue weighted by Gasteiger charge is -2.55. The van der Waals surface area contributed by atoms with Crippen LogP contribution in [0, 0.1) is 18.8 Å². The molecule has 0 spiro atoms. The van der Waals surface area contributed by atoms with Gasteiger partial charge in [-0.1, -0.05) is 32.8 Å². The molecular formula is C34H51N3O3. The number of phenols is 1. The summed E-state index contributed by atoms with van der Waals surface area (Å²) >= 11 is 0. The molecule has 1 aliphatic heterocycles. The third-order valence-electron chi connectivity index (χ3n) is 10.1. The second-order valence-corrected chi connectivity index (χ2v) is 12.8. The summed E-state index contributed by atoms with van der Waals surface area (Å²) in [6.45, 7) is 12.9. The molecule has 6 nitrogen and oxygen atoms in total. The number of aromatic hydroxyl groups is 1. The topological polar surface area (TPSA) is 72.9 Å². The average Bonchev–Trinajstić information content (AvgIpc) is 3.76. The first kappa shape index (κ1) is 30.4. The number of piperidine rings is 1. The summed E-state index contributed by atoms with van der Waals surface area (Å²) in [5, 5.41) is 13.6. The van der Waals surface area contributed by atoms with Gasteiger partial charge in [0.15, 0.2) is 0 Å². The number of carbonyl (C=O) groups is 2. The van der Waals surface area contributed by atoms with Gasteiger partial charge in [0, 0.05) is 42.4 Å². The van der Waals surface area contributed by atoms with Gasteiger partial charge in [-0.05, 0) is 119 Å². The molecule has 3 atom stereocenters. The second kappa shape index (κ2) is 12.9. The summed E-state index contributed by atoms with van der Waals surface area (Å²) in [4.78, 5) is 30.0. The number of amides is 2. The normalized spacial score (nSPS) is 25.6. The van der Waals surface area contributed by atoms with Crippen molar-refractivity contribution in [2.75, 3.05) is 20.1 Å². The van der Waals surface area contributed by atoms with E-state index in [0.29, 0.717) is 24.1 Å². The molecule has 1 saturated heterocycles. The first-order valence-electron chi connectivity index (χ1n) is 15.6. The fourth-order valence-corrected chi connectivity index (χ4v) is 7.61. The van der Waals surface area contributed by atoms with Crippen LogP contribution in [0.4, 0.5) is 0 Å². The largest absolute Gasteiger partial charge is 0.508 e. The molecule has 2 fully saturated rings. The Labute approximate surface area is 241 Å². The maximum absolute atomic E-state index is 13.6. The third kappa shape index (κ3) is 6.32. The Kier molecular flexibility index (Phi) is 9.81. The lowest BCUT2D eigenvalue weighted by Crippen LogP contribution is -2.57. The van der Waals surface area contributed by atoms with E-state index in [1.54, 1.807) is 6.07 Å². The fourth-order valence-electron chi connectivity index (χ4n) is 7.61. The maximum atomic E-state index is 13.6. The molecule has 1 saturated carbocycles. The van der Waals surface area contributed by atoms with Gasteiger partial charge in [-0.3, -0.25) is 9.59 Å². The number of aryl methyl sites for hydroxylation is 1. The molecule has 1 heterocycles. The molecule has 1 aromatic rings. The smallest absolute Gasteiger partial charge is 0.249 e. The van der Waals surface area contributed by atoms with E-state index in [1.807, 2.05) is 37.1 Å². The minimum Gasteiger partial charge on any atom is -0.508 e. The zero-order chi connectivity index (χ0) is 29.0. The van der Waals surface area contributed by atoms with Crippen LogP contribution in [0.2, 0.25) is 0 Å². The quantitative estimate of drug-likeness (QED) is 0.240. The lowest BCUT2D eigenvalue weighted by atomic mass is 9.56. The number of fused-ring (bicyclic) bond motifs is 1. The van der Waals surface area contributed by atoms with E-state index in [-0.39, 0.29) is 17.4 Å². The molecule has 3 unspecified atom stereocenters. The van der Waals surface area contributed by atoms with Crippen molar-refractivity contribution in [3.05, 3.63) is 52.2 Å². The number of rotatable bonds is 12. The van der Waals surface area contributed by atoms with E-state index in [0.717, 1.165) is 80.8 Å². The molecule has 2 amide bonds. The first-order chi connectivity index (χ1) is 19.1. The van der Waals surface area contributed by atoms with Crippen LogP contribution in [0.1, 0.15) is 96.6 Å². The highest BCUT2D eigenvalue weighted by atomic mass is 16.3. The number of carbonyl (C=O) groups excluding carboxylic acids is 2. The fraction of sp³-hybridized carbons (Fsp3) is 0.647. The van der Waals surface area contributed by atoms with Crippen LogP contribution in [0.5, 0.6) is 5.75 Å². The van der Waals surface area contributed by atoms with Gasteiger partial charge in [0.2, 0.25) is 12.3 Å². The Morgan fingerprint density at radius 1 is 1.25 bits per heavy atom. The molecule has 0 aromatic heterocycles. The maximum Gasteiger partial charge on any atom is 0.249 e. The molecule has 2 N–H and O–H groups in total. The van der Waals surface area contributed by atoms with Gasteiger partial charge in [0.25, 0.3) is 0 Å². The van der Waals surface area contributed by atoms with Gasteiger partial charge in [-0.25, -0.2) is 0 Å². The Hall–Kier alpha value is -2.60. The van der Waals surface area contributed by atoms with Crippen LogP contribution in [-0.2, 0) is 15.0 Å². The molecular weight excluding hydrogens is 498 g/mol. The summed E-state index contributed by atoms with van der Waals surface area (Å²) in [5.41, 5.74) is 4.88. The van der Waals surface area contributed by atoms with Crippen molar-refractivity contribution in [1.29, 1.82) is 0 Å². The Morgan fingerprint density at radius 2 is 1.95 bits per heavy atom. The minimum atomic E-state index is -0.187. The highest BCUT2D eigenvalue weighted by Crippen LogP contribution is 2.54. The van der Waals surface area contributed by atoms with Crippen LogP contribution < -0.4 is 5.32 Å². The van der Waals surface area contributed by atoms with Crippen LogP contribution in [0.3, 0.4) is 0 Å². The van der Waals surface area contributed by atoms with Crippen LogP contribution in [0.25, 0.3) is 0 Å². The predicted octanol–water partition coefficient (Wildman–Crippen LogP) is 6.23. The highest BCUT2D eigenvalue weighted by Gasteiger charge is 2.51. The van der Waals surface area contributed by atoms with Gasteiger partial charge in [0.1, 0.15) is 5.75 Å². The number of phenolic OH excluding ortho intramolecular Hbond substituents is 1. The van der Waals surface area contributed by atoms with Gasteiger partial charge < -0.3 is 20.2 Å². The van der Waals surface area contributed by atoms with E-state index < -0.39 is 0 Å². The number of nitrogens with one attached hydrogen (secondary N) is 1.